The predicted octanol–water partition coefficient (Wildman–Crippen LogP) is 3.03. The molecule has 0 spiro atoms. The second-order valence-electron chi connectivity index (χ2n) is 5.15. The Balaban J connectivity index is 1.80. The molecule has 110 valence electrons. The van der Waals surface area contributed by atoms with Gasteiger partial charge in [-0.15, -0.1) is 0 Å². The Morgan fingerprint density at radius 3 is 2.59 bits per heavy atom. The molecule has 0 aliphatic heterocycles. The fraction of sp³-hybridized carbons (Fsp3) is 0.111. The summed E-state index contributed by atoms with van der Waals surface area (Å²) in [6.45, 7) is 2.39. The molecule has 3 aromatic rings. The summed E-state index contributed by atoms with van der Waals surface area (Å²) in [5.74, 6) is -0.376. The number of carbonyl (C=O) groups is 1. The second-order valence-corrected chi connectivity index (χ2v) is 5.15. The summed E-state index contributed by atoms with van der Waals surface area (Å²) in [7, 11) is 0. The van der Waals surface area contributed by atoms with Gasteiger partial charge in [-0.25, -0.2) is 4.79 Å². The average Bonchev–Trinajstić information content (AvgIpc) is 2.54. The fourth-order valence-electron chi connectivity index (χ4n) is 2.22. The van der Waals surface area contributed by atoms with E-state index < -0.39 is 11.5 Å². The fourth-order valence-corrected chi connectivity index (χ4v) is 2.22. The van der Waals surface area contributed by atoms with Crippen molar-refractivity contribution in [2.24, 2.45) is 0 Å². The zero-order valence-electron chi connectivity index (χ0n) is 12.1. The van der Waals surface area contributed by atoms with Gasteiger partial charge in [-0.1, -0.05) is 48.0 Å². The number of fused-ring (bicyclic) bond motifs is 1. The Morgan fingerprint density at radius 1 is 1.09 bits per heavy atom. The summed E-state index contributed by atoms with van der Waals surface area (Å²) in [4.78, 5) is 24.0. The topological polar surface area (TPSA) is 59.3 Å². The molecule has 1 aromatic heterocycles. The van der Waals surface area contributed by atoms with Gasteiger partial charge in [-0.2, -0.15) is 0 Å². The third kappa shape index (κ3) is 2.91. The van der Waals surface area contributed by atoms with Crippen molar-refractivity contribution < 1.29 is 9.21 Å². The van der Waals surface area contributed by atoms with Gasteiger partial charge in [0.15, 0.2) is 5.76 Å². The van der Waals surface area contributed by atoms with Gasteiger partial charge in [0.2, 0.25) is 0 Å². The van der Waals surface area contributed by atoms with Crippen LogP contribution in [0.1, 0.15) is 21.7 Å². The molecular formula is C18H15NO3. The van der Waals surface area contributed by atoms with E-state index in [1.54, 1.807) is 24.3 Å². The lowest BCUT2D eigenvalue weighted by Crippen LogP contribution is -2.24. The van der Waals surface area contributed by atoms with Crippen molar-refractivity contribution in [2.75, 3.05) is 0 Å². The minimum atomic E-state index is -0.501. The third-order valence-electron chi connectivity index (χ3n) is 3.47. The molecule has 0 saturated heterocycles. The largest absolute Gasteiger partial charge is 0.417 e. The number of benzene rings is 2. The summed E-state index contributed by atoms with van der Waals surface area (Å²) in [5.41, 5.74) is 1.65. The van der Waals surface area contributed by atoms with E-state index in [9.17, 15) is 9.59 Å². The number of hydrogen-bond acceptors (Lipinski definition) is 3. The van der Waals surface area contributed by atoms with Crippen LogP contribution in [0.3, 0.4) is 0 Å². The first-order chi connectivity index (χ1) is 10.6. The molecule has 0 radical (unpaired) electrons. The van der Waals surface area contributed by atoms with Gasteiger partial charge < -0.3 is 9.73 Å². The van der Waals surface area contributed by atoms with Crippen molar-refractivity contribution in [3.05, 3.63) is 81.9 Å². The Bertz CT molecular complexity index is 879. The van der Waals surface area contributed by atoms with Crippen LogP contribution in [0.2, 0.25) is 0 Å². The molecular weight excluding hydrogens is 278 g/mol. The minimum Gasteiger partial charge on any atom is -0.417 e. The molecule has 0 bridgehead atoms. The third-order valence-corrected chi connectivity index (χ3v) is 3.47. The highest BCUT2D eigenvalue weighted by Gasteiger charge is 2.11. The molecule has 1 amide bonds. The zero-order chi connectivity index (χ0) is 15.5. The van der Waals surface area contributed by atoms with Crippen LogP contribution in [0, 0.1) is 6.92 Å². The first kappa shape index (κ1) is 14.1. The Morgan fingerprint density at radius 2 is 1.82 bits per heavy atom. The summed E-state index contributed by atoms with van der Waals surface area (Å²) < 4.78 is 5.09. The normalized spacial score (nSPS) is 10.6. The monoisotopic (exact) mass is 293 g/mol. The lowest BCUT2D eigenvalue weighted by molar-refractivity contribution is 0.0919. The van der Waals surface area contributed by atoms with E-state index in [-0.39, 0.29) is 5.76 Å². The van der Waals surface area contributed by atoms with Gasteiger partial charge in [0.25, 0.3) is 5.91 Å². The van der Waals surface area contributed by atoms with Crippen LogP contribution in [-0.2, 0) is 6.54 Å². The summed E-state index contributed by atoms with van der Waals surface area (Å²) in [6.07, 6.45) is 0. The number of amides is 1. The van der Waals surface area contributed by atoms with Crippen molar-refractivity contribution in [3.8, 4) is 0 Å². The summed E-state index contributed by atoms with van der Waals surface area (Å²) in [5, 5.41) is 3.92. The molecule has 0 saturated carbocycles. The maximum Gasteiger partial charge on any atom is 0.344 e. The summed E-state index contributed by atoms with van der Waals surface area (Å²) >= 11 is 0. The first-order valence-corrected chi connectivity index (χ1v) is 7.00. The van der Waals surface area contributed by atoms with Gasteiger partial charge in [-0.05, 0) is 30.0 Å². The molecule has 0 fully saturated rings. The van der Waals surface area contributed by atoms with Gasteiger partial charge in [0.1, 0.15) is 0 Å². The minimum absolute atomic E-state index is 0.0239. The molecule has 4 heteroatoms. The van der Waals surface area contributed by atoms with E-state index in [1.165, 1.54) is 0 Å². The Hall–Kier alpha value is -2.88. The van der Waals surface area contributed by atoms with Crippen LogP contribution in [0.4, 0.5) is 0 Å². The molecule has 2 aromatic carbocycles. The molecule has 1 heterocycles. The van der Waals surface area contributed by atoms with E-state index in [1.807, 2.05) is 37.3 Å². The predicted molar refractivity (Wildman–Crippen MR) is 84.8 cm³/mol. The lowest BCUT2D eigenvalue weighted by Gasteiger charge is -2.05. The van der Waals surface area contributed by atoms with Crippen molar-refractivity contribution in [2.45, 2.75) is 13.5 Å². The standard InChI is InChI=1S/C18H15NO3/c1-12-6-8-13(9-7-12)11-19-17(20)16-10-14-4-2-3-5-15(14)18(21)22-16/h2-10H,11H2,1H3,(H,19,20). The van der Waals surface area contributed by atoms with Crippen LogP contribution < -0.4 is 10.9 Å². The van der Waals surface area contributed by atoms with Crippen molar-refractivity contribution in [3.63, 3.8) is 0 Å². The number of hydrogen-bond donors (Lipinski definition) is 1. The van der Waals surface area contributed by atoms with E-state index in [0.717, 1.165) is 11.1 Å². The maximum atomic E-state index is 12.1. The molecule has 0 atom stereocenters. The zero-order valence-corrected chi connectivity index (χ0v) is 12.1. The van der Waals surface area contributed by atoms with E-state index in [2.05, 4.69) is 5.32 Å². The van der Waals surface area contributed by atoms with Crippen LogP contribution in [0.25, 0.3) is 10.8 Å². The quantitative estimate of drug-likeness (QED) is 0.807. The lowest BCUT2D eigenvalue weighted by atomic mass is 10.1. The smallest absolute Gasteiger partial charge is 0.344 e. The van der Waals surface area contributed by atoms with Crippen molar-refractivity contribution in [1.29, 1.82) is 0 Å². The van der Waals surface area contributed by atoms with Crippen molar-refractivity contribution in [1.82, 2.24) is 5.32 Å². The Kier molecular flexibility index (Phi) is 3.74. The SMILES string of the molecule is Cc1ccc(CNC(=O)c2cc3ccccc3c(=O)o2)cc1. The Labute approximate surface area is 127 Å². The maximum absolute atomic E-state index is 12.1. The first-order valence-electron chi connectivity index (χ1n) is 7.00. The van der Waals surface area contributed by atoms with Crippen LogP contribution in [0.15, 0.2) is 63.8 Å². The molecule has 3 rings (SSSR count). The molecule has 0 aliphatic rings. The van der Waals surface area contributed by atoms with Crippen LogP contribution in [-0.4, -0.2) is 5.91 Å². The number of carbonyl (C=O) groups excluding carboxylic acids is 1. The molecule has 22 heavy (non-hydrogen) atoms. The van der Waals surface area contributed by atoms with Crippen LogP contribution in [0.5, 0.6) is 0 Å². The van der Waals surface area contributed by atoms with Gasteiger partial charge >= 0.3 is 5.63 Å². The van der Waals surface area contributed by atoms with Crippen LogP contribution >= 0.6 is 0 Å². The number of aryl methyl sites for hydroxylation is 1. The highest BCUT2D eigenvalue weighted by atomic mass is 16.4. The highest BCUT2D eigenvalue weighted by Crippen LogP contribution is 2.12. The molecule has 4 nitrogen and oxygen atoms in total. The van der Waals surface area contributed by atoms with Gasteiger partial charge in [-0.3, -0.25) is 4.79 Å². The van der Waals surface area contributed by atoms with E-state index >= 15 is 0 Å². The molecule has 0 unspecified atom stereocenters. The number of rotatable bonds is 3. The highest BCUT2D eigenvalue weighted by molar-refractivity contribution is 5.95. The summed E-state index contributed by atoms with van der Waals surface area (Å²) in [6, 6.07) is 16.5. The average molecular weight is 293 g/mol. The molecule has 0 aliphatic carbocycles. The second kappa shape index (κ2) is 5.85. The van der Waals surface area contributed by atoms with Gasteiger partial charge in [0.05, 0.1) is 5.39 Å². The van der Waals surface area contributed by atoms with E-state index in [4.69, 9.17) is 4.42 Å². The van der Waals surface area contributed by atoms with E-state index in [0.29, 0.717) is 17.3 Å². The molecule has 1 N–H and O–H groups in total. The van der Waals surface area contributed by atoms with Crippen molar-refractivity contribution >= 4 is 16.7 Å². The van der Waals surface area contributed by atoms with Gasteiger partial charge in [0, 0.05) is 6.54 Å². The number of nitrogens with one attached hydrogen (secondary N) is 1.